The van der Waals surface area contributed by atoms with Crippen LogP contribution in [0.5, 0.6) is 0 Å². The van der Waals surface area contributed by atoms with E-state index in [1.54, 1.807) is 0 Å². The van der Waals surface area contributed by atoms with Gasteiger partial charge in [-0.1, -0.05) is 72.5 Å². The van der Waals surface area contributed by atoms with Crippen LogP contribution in [0.1, 0.15) is 37.1 Å². The van der Waals surface area contributed by atoms with Gasteiger partial charge in [-0.2, -0.15) is 0 Å². The molecule has 2 aromatic carbocycles. The normalized spacial score (nSPS) is 14.6. The molecule has 0 aliphatic rings. The van der Waals surface area contributed by atoms with Crippen LogP contribution in [0.2, 0.25) is 0 Å². The molecule has 0 radical (unpaired) electrons. The Morgan fingerprint density at radius 3 is 1.48 bits per heavy atom. The molecule has 21 heavy (non-hydrogen) atoms. The van der Waals surface area contributed by atoms with Gasteiger partial charge in [0, 0.05) is 12.1 Å². The Hall–Kier alpha value is -0.640. The molecular weight excluding hydrogens is 315 g/mol. The van der Waals surface area contributed by atoms with E-state index in [4.69, 9.17) is 11.8 Å². The molecule has 0 heterocycles. The Morgan fingerprint density at radius 2 is 1.14 bits per heavy atom. The third-order valence-corrected chi connectivity index (χ3v) is 6.14. The monoisotopic (exact) mass is 336 g/mol. The second-order valence-corrected chi connectivity index (χ2v) is 11.0. The van der Waals surface area contributed by atoms with Crippen molar-refractivity contribution < 1.29 is 0 Å². The van der Waals surface area contributed by atoms with Crippen LogP contribution >= 0.6 is 17.8 Å². The predicted molar refractivity (Wildman–Crippen MR) is 99.3 cm³/mol. The van der Waals surface area contributed by atoms with Gasteiger partial charge in [0.15, 0.2) is 0 Å². The molecule has 2 nitrogen and oxygen atoms in total. The molecule has 0 fully saturated rings. The average molecular weight is 336 g/mol. The summed E-state index contributed by atoms with van der Waals surface area (Å²) in [5, 5.41) is 6.90. The van der Waals surface area contributed by atoms with Crippen LogP contribution in [0.3, 0.4) is 0 Å². The van der Waals surface area contributed by atoms with E-state index in [0.29, 0.717) is 0 Å². The smallest absolute Gasteiger partial charge is 0.125 e. The zero-order valence-corrected chi connectivity index (χ0v) is 14.8. The average Bonchev–Trinajstić information content (AvgIpc) is 2.48. The molecule has 0 bridgehead atoms. The van der Waals surface area contributed by atoms with Gasteiger partial charge in [-0.15, -0.1) is 12.2 Å². The lowest BCUT2D eigenvalue weighted by Gasteiger charge is -2.27. The topological polar surface area (TPSA) is 24.1 Å². The molecule has 2 N–H and O–H groups in total. The third kappa shape index (κ3) is 5.24. The van der Waals surface area contributed by atoms with Crippen molar-refractivity contribution in [2.45, 2.75) is 25.9 Å². The molecule has 0 spiro atoms. The van der Waals surface area contributed by atoms with Crippen LogP contribution in [0, 0.1) is 0 Å². The molecular formula is C16H21N2PS2. The lowest BCUT2D eigenvalue weighted by Crippen LogP contribution is -2.24. The third-order valence-electron chi connectivity index (χ3n) is 3.34. The van der Waals surface area contributed by atoms with E-state index < -0.39 is 5.54 Å². The summed E-state index contributed by atoms with van der Waals surface area (Å²) in [5.41, 5.74) is 0.327. The van der Waals surface area contributed by atoms with Crippen molar-refractivity contribution in [2.75, 3.05) is 0 Å². The van der Waals surface area contributed by atoms with Crippen molar-refractivity contribution in [3.63, 3.8) is 0 Å². The molecule has 112 valence electrons. The number of hydrogen-bond donors (Lipinski definition) is 3. The van der Waals surface area contributed by atoms with Gasteiger partial charge < -0.3 is 0 Å². The van der Waals surface area contributed by atoms with Crippen molar-refractivity contribution >= 4 is 29.6 Å². The fourth-order valence-electron chi connectivity index (χ4n) is 2.19. The number of nitrogens with one attached hydrogen (secondary N) is 2. The van der Waals surface area contributed by atoms with E-state index in [2.05, 4.69) is 60.5 Å². The van der Waals surface area contributed by atoms with Crippen molar-refractivity contribution in [2.24, 2.45) is 0 Å². The molecule has 0 amide bonds. The minimum Gasteiger partial charge on any atom is -0.263 e. The number of benzene rings is 2. The Kier molecular flexibility index (Phi) is 6.03. The van der Waals surface area contributed by atoms with E-state index in [9.17, 15) is 0 Å². The molecule has 2 rings (SSSR count). The summed E-state index contributed by atoms with van der Waals surface area (Å²) in [6.07, 6.45) is 0. The summed E-state index contributed by atoms with van der Waals surface area (Å²) >= 11 is 10.3. The maximum absolute atomic E-state index is 5.65. The fourth-order valence-corrected chi connectivity index (χ4v) is 5.61. The lowest BCUT2D eigenvalue weighted by atomic mass is 10.1. The van der Waals surface area contributed by atoms with Crippen molar-refractivity contribution in [1.29, 1.82) is 0 Å². The first-order valence-corrected chi connectivity index (χ1v) is 10.9. The van der Waals surface area contributed by atoms with Gasteiger partial charge in [-0.25, -0.2) is 0 Å². The Morgan fingerprint density at radius 1 is 0.810 bits per heavy atom. The molecule has 0 saturated heterocycles. The largest absolute Gasteiger partial charge is 0.263 e. The first-order valence-electron chi connectivity index (χ1n) is 6.96. The van der Waals surface area contributed by atoms with Crippen molar-refractivity contribution in [1.82, 2.24) is 10.2 Å². The van der Waals surface area contributed by atoms with E-state index in [-0.39, 0.29) is 12.1 Å². The highest BCUT2D eigenvalue weighted by Gasteiger charge is 2.18. The highest BCUT2D eigenvalue weighted by atomic mass is 32.9. The lowest BCUT2D eigenvalue weighted by molar-refractivity contribution is 0.703. The zero-order chi connectivity index (χ0) is 15.3. The Labute approximate surface area is 137 Å². The van der Waals surface area contributed by atoms with Crippen LogP contribution < -0.4 is 10.2 Å². The molecule has 0 aliphatic carbocycles. The zero-order valence-electron chi connectivity index (χ0n) is 12.2. The number of hydrogen-bond acceptors (Lipinski definition) is 1. The second kappa shape index (κ2) is 7.57. The van der Waals surface area contributed by atoms with Crippen LogP contribution in [0.25, 0.3) is 0 Å². The number of rotatable bonds is 6. The van der Waals surface area contributed by atoms with Gasteiger partial charge in [0.2, 0.25) is 0 Å². The SMILES string of the molecule is C[C@@H](NP(=S)(S)N[C@H](C)c1ccccc1)c1ccccc1. The van der Waals surface area contributed by atoms with Crippen LogP contribution in [-0.4, -0.2) is 0 Å². The summed E-state index contributed by atoms with van der Waals surface area (Å²) in [7, 11) is 0. The predicted octanol–water partition coefficient (Wildman–Crippen LogP) is 4.84. The molecule has 5 heteroatoms. The van der Waals surface area contributed by atoms with E-state index in [0.717, 1.165) is 0 Å². The van der Waals surface area contributed by atoms with Gasteiger partial charge in [-0.3, -0.25) is 10.2 Å². The molecule has 0 aromatic heterocycles. The van der Waals surface area contributed by atoms with Crippen LogP contribution in [-0.2, 0) is 11.8 Å². The Bertz CT molecular complexity index is 553. The van der Waals surface area contributed by atoms with Crippen LogP contribution in [0.4, 0.5) is 0 Å². The minimum atomic E-state index is -2.11. The fraction of sp³-hybridized carbons (Fsp3) is 0.250. The van der Waals surface area contributed by atoms with E-state index in [1.807, 2.05) is 36.4 Å². The summed E-state index contributed by atoms with van der Waals surface area (Å²) in [6.45, 7) is 4.23. The molecule has 2 aromatic rings. The molecule has 0 saturated carbocycles. The number of thiol groups is 1. The summed E-state index contributed by atoms with van der Waals surface area (Å²) in [4.78, 5) is 0. The first-order chi connectivity index (χ1) is 9.98. The van der Waals surface area contributed by atoms with Crippen molar-refractivity contribution in [3.8, 4) is 0 Å². The minimum absolute atomic E-state index is 0.171. The molecule has 0 aliphatic heterocycles. The maximum atomic E-state index is 5.65. The second-order valence-electron chi connectivity index (χ2n) is 5.10. The van der Waals surface area contributed by atoms with E-state index in [1.165, 1.54) is 11.1 Å². The summed E-state index contributed by atoms with van der Waals surface area (Å²) in [5.74, 6) is 0. The quantitative estimate of drug-likeness (QED) is 0.520. The molecule has 0 unspecified atom stereocenters. The standard InChI is InChI=1S/C16H21N2PS2/c1-13(15-9-5-3-6-10-15)17-19(20,21)18-14(2)16-11-7-4-8-12-16/h3-14H,1-2H3,(H3,17,18,20,21)/t13-,14-/m1/s1. The molecule has 2 atom stereocenters. The van der Waals surface area contributed by atoms with Gasteiger partial charge in [0.1, 0.15) is 5.54 Å². The van der Waals surface area contributed by atoms with Gasteiger partial charge >= 0.3 is 0 Å². The highest BCUT2D eigenvalue weighted by molar-refractivity contribution is 8.62. The maximum Gasteiger partial charge on any atom is 0.125 e. The van der Waals surface area contributed by atoms with Gasteiger partial charge in [0.25, 0.3) is 0 Å². The highest BCUT2D eigenvalue weighted by Crippen LogP contribution is 2.46. The summed E-state index contributed by atoms with van der Waals surface area (Å²) < 4.78 is 0. The van der Waals surface area contributed by atoms with Gasteiger partial charge in [-0.05, 0) is 25.0 Å². The van der Waals surface area contributed by atoms with Gasteiger partial charge in [0.05, 0.1) is 0 Å². The van der Waals surface area contributed by atoms with Crippen molar-refractivity contribution in [3.05, 3.63) is 71.8 Å². The van der Waals surface area contributed by atoms with E-state index >= 15 is 0 Å². The Balaban J connectivity index is 2.00. The summed E-state index contributed by atoms with van der Waals surface area (Å²) in [6, 6.07) is 20.9. The van der Waals surface area contributed by atoms with Crippen LogP contribution in [0.15, 0.2) is 60.7 Å². The first kappa shape index (κ1) is 16.7.